The Hall–Kier alpha value is -5.23. The Balaban J connectivity index is 1.57. The predicted molar refractivity (Wildman–Crippen MR) is 166 cm³/mol. The molecule has 2 aromatic carbocycles. The molecule has 0 saturated carbocycles. The molecule has 2 amide bonds. The van der Waals surface area contributed by atoms with E-state index in [1.165, 1.54) is 6.07 Å². The van der Waals surface area contributed by atoms with Crippen LogP contribution in [0.3, 0.4) is 0 Å². The third-order valence-electron chi connectivity index (χ3n) is 7.32. The number of halogens is 2. The molecule has 6 aromatic rings. The summed E-state index contributed by atoms with van der Waals surface area (Å²) >= 11 is 0.853. The summed E-state index contributed by atoms with van der Waals surface area (Å²) < 4.78 is 31.4. The molecule has 9 nitrogen and oxygen atoms in total. The highest BCUT2D eigenvalue weighted by atomic mass is 32.1. The second-order valence-electron chi connectivity index (χ2n) is 10.1. The minimum Gasteiger partial charge on any atom is -0.365 e. The fourth-order valence-corrected chi connectivity index (χ4v) is 6.26. The van der Waals surface area contributed by atoms with Crippen LogP contribution in [-0.2, 0) is 6.54 Å². The lowest BCUT2D eigenvalue weighted by Crippen LogP contribution is -2.18. The number of primary amides is 1. The SMILES string of the molecule is CCn1cc(-c2cc(C(F)F)nc3sc(C(N)=O)c(NC(=O)c4c(-c5ccccc5)nn(-c5ccccc5)c4C)c23)c(C)n1. The van der Waals surface area contributed by atoms with Crippen LogP contribution in [0.15, 0.2) is 72.9 Å². The van der Waals surface area contributed by atoms with Crippen LogP contribution in [0, 0.1) is 13.8 Å². The summed E-state index contributed by atoms with van der Waals surface area (Å²) in [6.07, 6.45) is -1.12. The highest BCUT2D eigenvalue weighted by Gasteiger charge is 2.29. The van der Waals surface area contributed by atoms with Gasteiger partial charge in [-0.2, -0.15) is 10.2 Å². The summed E-state index contributed by atoms with van der Waals surface area (Å²) in [6.45, 7) is 6.02. The fourth-order valence-electron chi connectivity index (χ4n) is 5.25. The van der Waals surface area contributed by atoms with E-state index in [-0.39, 0.29) is 21.0 Å². The number of carbonyl (C=O) groups is 2. The second-order valence-corrected chi connectivity index (χ2v) is 11.1. The van der Waals surface area contributed by atoms with Gasteiger partial charge in [0.25, 0.3) is 18.2 Å². The number of aromatic nitrogens is 5. The van der Waals surface area contributed by atoms with Crippen molar-refractivity contribution in [2.45, 2.75) is 33.7 Å². The summed E-state index contributed by atoms with van der Waals surface area (Å²) in [7, 11) is 0. The number of anilines is 1. The maximum Gasteiger partial charge on any atom is 0.280 e. The normalized spacial score (nSPS) is 11.4. The predicted octanol–water partition coefficient (Wildman–Crippen LogP) is 6.94. The van der Waals surface area contributed by atoms with Crippen LogP contribution < -0.4 is 11.1 Å². The number of carbonyl (C=O) groups excluding carboxylic acids is 2. The molecular weight excluding hydrogens is 584 g/mol. The smallest absolute Gasteiger partial charge is 0.280 e. The molecule has 0 atom stereocenters. The van der Waals surface area contributed by atoms with Crippen molar-refractivity contribution < 1.29 is 18.4 Å². The number of rotatable bonds is 8. The van der Waals surface area contributed by atoms with Gasteiger partial charge in [0.1, 0.15) is 21.1 Å². The van der Waals surface area contributed by atoms with Crippen LogP contribution >= 0.6 is 11.3 Å². The van der Waals surface area contributed by atoms with Crippen LogP contribution in [0.2, 0.25) is 0 Å². The zero-order valence-electron chi connectivity index (χ0n) is 24.0. The number of nitrogens with zero attached hydrogens (tertiary/aromatic N) is 5. The number of thiophene rings is 1. The maximum absolute atomic E-state index is 14.3. The Morgan fingerprint density at radius 1 is 1.00 bits per heavy atom. The molecule has 0 aliphatic heterocycles. The summed E-state index contributed by atoms with van der Waals surface area (Å²) in [5.41, 5.74) is 9.69. The number of aryl methyl sites for hydroxylation is 2. The Morgan fingerprint density at radius 3 is 2.30 bits per heavy atom. The number of benzene rings is 2. The number of nitrogens with one attached hydrogen (secondary N) is 1. The lowest BCUT2D eigenvalue weighted by Gasteiger charge is -2.11. The first kappa shape index (κ1) is 28.9. The summed E-state index contributed by atoms with van der Waals surface area (Å²) in [5.74, 6) is -1.37. The van der Waals surface area contributed by atoms with Crippen molar-refractivity contribution in [1.82, 2.24) is 24.5 Å². The van der Waals surface area contributed by atoms with Gasteiger partial charge in [0, 0.05) is 29.3 Å². The molecule has 0 aliphatic carbocycles. The van der Waals surface area contributed by atoms with E-state index in [2.05, 4.69) is 15.4 Å². The minimum absolute atomic E-state index is 0.0107. The average molecular weight is 612 g/mol. The van der Waals surface area contributed by atoms with Crippen LogP contribution in [0.1, 0.15) is 50.5 Å². The van der Waals surface area contributed by atoms with Gasteiger partial charge >= 0.3 is 0 Å². The third-order valence-corrected chi connectivity index (χ3v) is 8.42. The van der Waals surface area contributed by atoms with Crippen molar-refractivity contribution in [3.63, 3.8) is 0 Å². The Labute approximate surface area is 255 Å². The standard InChI is InChI=1S/C32H27F2N7O2S/c1-4-40-16-22(17(2)38-40)21-15-23(29(33)34)36-32-25(21)27(28(44-32)30(35)42)37-31(43)24-18(3)41(20-13-9-6-10-14-20)39-26(24)19-11-7-5-8-12-19/h5-16,29H,4H2,1-3H3,(H2,35,42)(H,37,43). The Kier molecular flexibility index (Phi) is 7.52. The summed E-state index contributed by atoms with van der Waals surface area (Å²) in [5, 5.41) is 12.5. The molecule has 4 aromatic heterocycles. The molecule has 0 unspecified atom stereocenters. The van der Waals surface area contributed by atoms with Gasteiger partial charge in [0.15, 0.2) is 0 Å². The van der Waals surface area contributed by atoms with E-state index in [0.717, 1.165) is 17.0 Å². The summed E-state index contributed by atoms with van der Waals surface area (Å²) in [6, 6.07) is 19.9. The van der Waals surface area contributed by atoms with Crippen molar-refractivity contribution in [3.8, 4) is 28.1 Å². The third kappa shape index (κ3) is 5.02. The van der Waals surface area contributed by atoms with Gasteiger partial charge in [-0.25, -0.2) is 18.4 Å². The fraction of sp³-hybridized carbons (Fsp3) is 0.156. The number of pyridine rings is 1. The molecule has 44 heavy (non-hydrogen) atoms. The van der Waals surface area contributed by atoms with E-state index in [0.29, 0.717) is 45.7 Å². The van der Waals surface area contributed by atoms with E-state index in [1.807, 2.05) is 67.6 Å². The molecule has 222 valence electrons. The number of para-hydroxylation sites is 1. The Bertz CT molecular complexity index is 2030. The quantitative estimate of drug-likeness (QED) is 0.193. The van der Waals surface area contributed by atoms with Gasteiger partial charge in [-0.05, 0) is 44.5 Å². The molecular formula is C32H27F2N7O2S. The Morgan fingerprint density at radius 2 is 1.68 bits per heavy atom. The number of amides is 2. The van der Waals surface area contributed by atoms with Gasteiger partial charge < -0.3 is 11.1 Å². The van der Waals surface area contributed by atoms with Crippen LogP contribution in [0.5, 0.6) is 0 Å². The second kappa shape index (κ2) is 11.5. The van der Waals surface area contributed by atoms with Crippen LogP contribution in [0.25, 0.3) is 38.3 Å². The molecule has 0 saturated heterocycles. The first-order chi connectivity index (χ1) is 21.2. The zero-order chi connectivity index (χ0) is 31.1. The molecule has 0 aliphatic rings. The number of hydrogen-bond donors (Lipinski definition) is 2. The first-order valence-corrected chi connectivity index (χ1v) is 14.6. The zero-order valence-corrected chi connectivity index (χ0v) is 24.8. The van der Waals surface area contributed by atoms with Crippen molar-refractivity contribution >= 4 is 39.1 Å². The van der Waals surface area contributed by atoms with Gasteiger partial charge in [-0.15, -0.1) is 11.3 Å². The highest BCUT2D eigenvalue weighted by Crippen LogP contribution is 2.43. The van der Waals surface area contributed by atoms with E-state index in [1.54, 1.807) is 29.4 Å². The first-order valence-electron chi connectivity index (χ1n) is 13.8. The molecule has 0 radical (unpaired) electrons. The minimum atomic E-state index is -2.86. The van der Waals surface area contributed by atoms with Crippen molar-refractivity contribution in [2.75, 3.05) is 5.32 Å². The maximum atomic E-state index is 14.3. The number of nitrogens with two attached hydrogens (primary N) is 1. The number of hydrogen-bond acceptors (Lipinski definition) is 6. The topological polar surface area (TPSA) is 121 Å². The van der Waals surface area contributed by atoms with Crippen molar-refractivity contribution in [2.24, 2.45) is 5.73 Å². The van der Waals surface area contributed by atoms with E-state index in [9.17, 15) is 18.4 Å². The van der Waals surface area contributed by atoms with E-state index >= 15 is 0 Å². The number of fused-ring (bicyclic) bond motifs is 1. The monoisotopic (exact) mass is 611 g/mol. The van der Waals surface area contributed by atoms with Gasteiger partial charge in [0.2, 0.25) is 0 Å². The largest absolute Gasteiger partial charge is 0.365 e. The molecule has 12 heteroatoms. The van der Waals surface area contributed by atoms with Crippen LogP contribution in [0.4, 0.5) is 14.5 Å². The van der Waals surface area contributed by atoms with E-state index in [4.69, 9.17) is 10.8 Å². The van der Waals surface area contributed by atoms with Gasteiger partial charge in [-0.3, -0.25) is 14.3 Å². The molecule has 0 fully saturated rings. The van der Waals surface area contributed by atoms with Gasteiger partial charge in [-0.1, -0.05) is 48.5 Å². The summed E-state index contributed by atoms with van der Waals surface area (Å²) in [4.78, 5) is 31.3. The molecule has 0 spiro atoms. The lowest BCUT2D eigenvalue weighted by atomic mass is 10.0. The van der Waals surface area contributed by atoms with Crippen molar-refractivity contribution in [3.05, 3.63) is 100 Å². The van der Waals surface area contributed by atoms with E-state index < -0.39 is 23.9 Å². The molecule has 3 N–H and O–H groups in total. The molecule has 4 heterocycles. The highest BCUT2D eigenvalue weighted by molar-refractivity contribution is 7.21. The number of alkyl halides is 2. The molecule has 6 rings (SSSR count). The average Bonchev–Trinajstić information content (AvgIpc) is 3.70. The van der Waals surface area contributed by atoms with Gasteiger partial charge in [0.05, 0.1) is 28.3 Å². The molecule has 0 bridgehead atoms. The van der Waals surface area contributed by atoms with Crippen molar-refractivity contribution in [1.29, 1.82) is 0 Å². The lowest BCUT2D eigenvalue weighted by molar-refractivity contribution is 0.100. The van der Waals surface area contributed by atoms with Crippen LogP contribution in [-0.4, -0.2) is 36.4 Å².